The fourth-order valence-electron chi connectivity index (χ4n) is 1.46. The van der Waals surface area contributed by atoms with Gasteiger partial charge in [0.15, 0.2) is 0 Å². The van der Waals surface area contributed by atoms with Gasteiger partial charge in [-0.05, 0) is 36.1 Å². The summed E-state index contributed by atoms with van der Waals surface area (Å²) in [5, 5.41) is 9.13. The first kappa shape index (κ1) is 9.78. The third-order valence-electron chi connectivity index (χ3n) is 2.31. The lowest BCUT2D eigenvalue weighted by atomic mass is 10.0. The summed E-state index contributed by atoms with van der Waals surface area (Å²) < 4.78 is 0. The molecule has 0 saturated carbocycles. The number of benzene rings is 2. The van der Waals surface area contributed by atoms with E-state index >= 15 is 0 Å². The highest BCUT2D eigenvalue weighted by Crippen LogP contribution is 2.13. The smallest absolute Gasteiger partial charge is 0.115 e. The van der Waals surface area contributed by atoms with Crippen LogP contribution in [0.3, 0.4) is 0 Å². The Bertz CT molecular complexity index is 403. The van der Waals surface area contributed by atoms with E-state index in [-0.39, 0.29) is 0 Å². The molecule has 2 aromatic rings. The van der Waals surface area contributed by atoms with Crippen molar-refractivity contribution in [2.45, 2.75) is 6.42 Å². The molecular weight excluding hydrogens is 184 g/mol. The minimum atomic E-state index is 0.312. The van der Waals surface area contributed by atoms with E-state index in [2.05, 4.69) is 18.6 Å². The van der Waals surface area contributed by atoms with Crippen LogP contribution in [0.2, 0.25) is 0 Å². The number of phenols is 1. The first-order chi connectivity index (χ1) is 7.34. The molecule has 0 aromatic heterocycles. The van der Waals surface area contributed by atoms with E-state index in [1.54, 1.807) is 12.1 Å². The summed E-state index contributed by atoms with van der Waals surface area (Å²) in [6.45, 7) is 0. The zero-order valence-corrected chi connectivity index (χ0v) is 8.43. The molecule has 75 valence electrons. The fraction of sp³-hybridized carbons (Fsp3) is 0.0714. The molecule has 2 aromatic carbocycles. The average molecular weight is 197 g/mol. The quantitative estimate of drug-likeness (QED) is 0.801. The maximum absolute atomic E-state index is 9.13. The Kier molecular flexibility index (Phi) is 3.03. The highest BCUT2D eigenvalue weighted by molar-refractivity contribution is 5.32. The number of aromatic hydroxyl groups is 1. The van der Waals surface area contributed by atoms with Gasteiger partial charge in [-0.3, -0.25) is 0 Å². The molecule has 1 radical (unpaired) electrons. The highest BCUT2D eigenvalue weighted by atomic mass is 16.3. The molecule has 1 heteroatoms. The van der Waals surface area contributed by atoms with Crippen molar-refractivity contribution in [1.29, 1.82) is 0 Å². The van der Waals surface area contributed by atoms with Gasteiger partial charge in [-0.25, -0.2) is 0 Å². The fourth-order valence-corrected chi connectivity index (χ4v) is 1.46. The van der Waals surface area contributed by atoms with Gasteiger partial charge in [-0.15, -0.1) is 0 Å². The number of phenolic OH excluding ortho intramolecular Hbond substituents is 1. The second-order valence-electron chi connectivity index (χ2n) is 3.49. The van der Waals surface area contributed by atoms with Crippen molar-refractivity contribution in [3.63, 3.8) is 0 Å². The van der Waals surface area contributed by atoms with E-state index in [9.17, 15) is 0 Å². The molecule has 0 atom stereocenters. The molecule has 2 rings (SSSR count). The lowest BCUT2D eigenvalue weighted by molar-refractivity contribution is 0.475. The summed E-state index contributed by atoms with van der Waals surface area (Å²) >= 11 is 0. The van der Waals surface area contributed by atoms with Crippen molar-refractivity contribution >= 4 is 0 Å². The van der Waals surface area contributed by atoms with E-state index in [1.807, 2.05) is 30.3 Å². The molecule has 0 saturated heterocycles. The average Bonchev–Trinajstić information content (AvgIpc) is 2.30. The van der Waals surface area contributed by atoms with Gasteiger partial charge < -0.3 is 5.11 Å². The topological polar surface area (TPSA) is 20.2 Å². The molecule has 0 aliphatic heterocycles. The first-order valence-electron chi connectivity index (χ1n) is 5.01. The van der Waals surface area contributed by atoms with Gasteiger partial charge in [-0.1, -0.05) is 42.5 Å². The molecule has 0 amide bonds. The summed E-state index contributed by atoms with van der Waals surface area (Å²) in [5.41, 5.74) is 2.43. The normalized spacial score (nSPS) is 10.1. The van der Waals surface area contributed by atoms with Crippen LogP contribution in [0.25, 0.3) is 0 Å². The first-order valence-corrected chi connectivity index (χ1v) is 5.01. The van der Waals surface area contributed by atoms with Crippen molar-refractivity contribution in [3.05, 3.63) is 72.1 Å². The van der Waals surface area contributed by atoms with Crippen LogP contribution >= 0.6 is 0 Å². The Morgan fingerprint density at radius 2 is 1.53 bits per heavy atom. The summed E-state index contributed by atoms with van der Waals surface area (Å²) in [4.78, 5) is 0. The van der Waals surface area contributed by atoms with Gasteiger partial charge >= 0.3 is 0 Å². The summed E-state index contributed by atoms with van der Waals surface area (Å²) in [5.74, 6) is 0.312. The maximum Gasteiger partial charge on any atom is 0.115 e. The van der Waals surface area contributed by atoms with Gasteiger partial charge in [0.1, 0.15) is 5.75 Å². The number of rotatable bonds is 3. The maximum atomic E-state index is 9.13. The molecule has 1 nitrogen and oxygen atoms in total. The largest absolute Gasteiger partial charge is 0.508 e. The molecule has 0 unspecified atom stereocenters. The van der Waals surface area contributed by atoms with E-state index in [0.29, 0.717) is 5.75 Å². The lowest BCUT2D eigenvalue weighted by Gasteiger charge is -2.01. The molecule has 15 heavy (non-hydrogen) atoms. The van der Waals surface area contributed by atoms with Crippen LogP contribution in [0.5, 0.6) is 5.75 Å². The molecule has 0 heterocycles. The SMILES string of the molecule is Oc1ccc([CH]Cc2ccccc2)cc1. The predicted molar refractivity (Wildman–Crippen MR) is 61.7 cm³/mol. The Hall–Kier alpha value is -1.76. The van der Waals surface area contributed by atoms with Gasteiger partial charge in [0.2, 0.25) is 0 Å². The van der Waals surface area contributed by atoms with Crippen LogP contribution in [0.1, 0.15) is 11.1 Å². The molecule has 0 aliphatic rings. The van der Waals surface area contributed by atoms with Gasteiger partial charge in [-0.2, -0.15) is 0 Å². The second-order valence-corrected chi connectivity index (χ2v) is 3.49. The van der Waals surface area contributed by atoms with Gasteiger partial charge in [0, 0.05) is 0 Å². The van der Waals surface area contributed by atoms with E-state index in [1.165, 1.54) is 5.56 Å². The monoisotopic (exact) mass is 197 g/mol. The van der Waals surface area contributed by atoms with Crippen molar-refractivity contribution < 1.29 is 5.11 Å². The molecule has 0 spiro atoms. The van der Waals surface area contributed by atoms with Crippen LogP contribution < -0.4 is 0 Å². The van der Waals surface area contributed by atoms with Crippen LogP contribution in [-0.2, 0) is 6.42 Å². The molecule has 0 aliphatic carbocycles. The Morgan fingerprint density at radius 3 is 2.20 bits per heavy atom. The molecule has 0 bridgehead atoms. The van der Waals surface area contributed by atoms with Crippen molar-refractivity contribution in [1.82, 2.24) is 0 Å². The van der Waals surface area contributed by atoms with Crippen molar-refractivity contribution in [2.24, 2.45) is 0 Å². The summed E-state index contributed by atoms with van der Waals surface area (Å²) in [6, 6.07) is 17.6. The van der Waals surface area contributed by atoms with E-state index in [0.717, 1.165) is 12.0 Å². The third-order valence-corrected chi connectivity index (χ3v) is 2.31. The number of hydrogen-bond donors (Lipinski definition) is 1. The molecule has 1 N–H and O–H groups in total. The standard InChI is InChI=1S/C14H13O/c15-14-10-8-13(9-11-14)7-6-12-4-2-1-3-5-12/h1-5,7-11,15H,6H2. The minimum Gasteiger partial charge on any atom is -0.508 e. The highest BCUT2D eigenvalue weighted by Gasteiger charge is 1.95. The van der Waals surface area contributed by atoms with Gasteiger partial charge in [0.05, 0.1) is 0 Å². The predicted octanol–water partition coefficient (Wildman–Crippen LogP) is 3.19. The van der Waals surface area contributed by atoms with E-state index < -0.39 is 0 Å². The number of hydrogen-bond acceptors (Lipinski definition) is 1. The van der Waals surface area contributed by atoms with Crippen LogP contribution in [-0.4, -0.2) is 5.11 Å². The third kappa shape index (κ3) is 2.84. The minimum absolute atomic E-state index is 0.312. The Morgan fingerprint density at radius 1 is 0.867 bits per heavy atom. The van der Waals surface area contributed by atoms with Gasteiger partial charge in [0.25, 0.3) is 0 Å². The van der Waals surface area contributed by atoms with E-state index in [4.69, 9.17) is 5.11 Å². The van der Waals surface area contributed by atoms with Crippen LogP contribution in [0.4, 0.5) is 0 Å². The zero-order chi connectivity index (χ0) is 10.5. The van der Waals surface area contributed by atoms with Crippen LogP contribution in [0, 0.1) is 6.42 Å². The van der Waals surface area contributed by atoms with Crippen LogP contribution in [0.15, 0.2) is 54.6 Å². The summed E-state index contributed by atoms with van der Waals surface area (Å²) in [6.07, 6.45) is 3.07. The van der Waals surface area contributed by atoms with Crippen molar-refractivity contribution in [2.75, 3.05) is 0 Å². The summed E-state index contributed by atoms with van der Waals surface area (Å²) in [7, 11) is 0. The zero-order valence-electron chi connectivity index (χ0n) is 8.43. The molecular formula is C14H13O. The Labute approximate surface area is 90.0 Å². The second kappa shape index (κ2) is 4.65. The Balaban J connectivity index is 1.96. The molecule has 0 fully saturated rings. The lowest BCUT2D eigenvalue weighted by Crippen LogP contribution is -1.87. The van der Waals surface area contributed by atoms with Crippen molar-refractivity contribution in [3.8, 4) is 5.75 Å².